The maximum atomic E-state index is 11.0. The molecule has 5 nitrogen and oxygen atoms in total. The molecule has 7 heteroatoms. The Balaban J connectivity index is 1.93. The van der Waals surface area contributed by atoms with Crippen LogP contribution in [0.3, 0.4) is 0 Å². The number of fused-ring (bicyclic) bond motifs is 1. The van der Waals surface area contributed by atoms with Gasteiger partial charge < -0.3 is 10.4 Å². The van der Waals surface area contributed by atoms with E-state index in [-0.39, 0.29) is 0 Å². The van der Waals surface area contributed by atoms with Crippen molar-refractivity contribution >= 4 is 50.7 Å². The molecule has 0 aliphatic rings. The van der Waals surface area contributed by atoms with E-state index in [0.29, 0.717) is 10.0 Å². The zero-order valence-corrected chi connectivity index (χ0v) is 13.6. The molecule has 0 fully saturated rings. The van der Waals surface area contributed by atoms with Gasteiger partial charge in [0.05, 0.1) is 0 Å². The predicted octanol–water partition coefficient (Wildman–Crippen LogP) is 4.16. The van der Waals surface area contributed by atoms with Crippen molar-refractivity contribution in [3.63, 3.8) is 0 Å². The van der Waals surface area contributed by atoms with Crippen molar-refractivity contribution in [1.82, 2.24) is 9.97 Å². The molecular formula is C15H13N3O2S2. The van der Waals surface area contributed by atoms with Gasteiger partial charge in [-0.1, -0.05) is 11.8 Å². The lowest BCUT2D eigenvalue weighted by Crippen LogP contribution is -1.97. The third-order valence-corrected chi connectivity index (χ3v) is 4.67. The molecule has 3 aromatic rings. The molecule has 22 heavy (non-hydrogen) atoms. The number of anilines is 2. The minimum atomic E-state index is -0.897. The topological polar surface area (TPSA) is 75.1 Å². The summed E-state index contributed by atoms with van der Waals surface area (Å²) in [5, 5.41) is 13.9. The SMILES string of the molecule is CSc1nc(C)cc(Nc2ccc3sc(C(=O)O)cc3c2)n1. The fraction of sp³-hybridized carbons (Fsp3) is 0.133. The average molecular weight is 331 g/mol. The number of aromatic nitrogens is 2. The van der Waals surface area contributed by atoms with Crippen molar-refractivity contribution in [3.05, 3.63) is 40.9 Å². The molecular weight excluding hydrogens is 318 g/mol. The van der Waals surface area contributed by atoms with Gasteiger partial charge in [-0.05, 0) is 42.8 Å². The second kappa shape index (κ2) is 5.94. The van der Waals surface area contributed by atoms with Gasteiger partial charge in [0.25, 0.3) is 0 Å². The highest BCUT2D eigenvalue weighted by Gasteiger charge is 2.09. The zero-order chi connectivity index (χ0) is 15.7. The van der Waals surface area contributed by atoms with Gasteiger partial charge in [-0.25, -0.2) is 14.8 Å². The average Bonchev–Trinajstić information content (AvgIpc) is 2.90. The third kappa shape index (κ3) is 3.05. The van der Waals surface area contributed by atoms with Gasteiger partial charge in [0, 0.05) is 22.1 Å². The number of hydrogen-bond acceptors (Lipinski definition) is 6. The molecule has 3 rings (SSSR count). The highest BCUT2D eigenvalue weighted by Crippen LogP contribution is 2.29. The molecule has 0 saturated heterocycles. The van der Waals surface area contributed by atoms with Crippen LogP contribution in [0, 0.1) is 6.92 Å². The maximum Gasteiger partial charge on any atom is 0.345 e. The number of rotatable bonds is 4. The number of benzene rings is 1. The Morgan fingerprint density at radius 3 is 2.82 bits per heavy atom. The molecule has 0 aliphatic heterocycles. The molecule has 112 valence electrons. The molecule has 0 atom stereocenters. The number of carboxylic acid groups (broad SMARTS) is 1. The Morgan fingerprint density at radius 1 is 1.27 bits per heavy atom. The lowest BCUT2D eigenvalue weighted by atomic mass is 10.2. The van der Waals surface area contributed by atoms with E-state index in [2.05, 4.69) is 15.3 Å². The largest absolute Gasteiger partial charge is 0.477 e. The number of nitrogens with one attached hydrogen (secondary N) is 1. The molecule has 2 aromatic heterocycles. The van der Waals surface area contributed by atoms with Crippen molar-refractivity contribution < 1.29 is 9.90 Å². The molecule has 0 bridgehead atoms. The molecule has 1 aromatic carbocycles. The van der Waals surface area contributed by atoms with Crippen LogP contribution >= 0.6 is 23.1 Å². The summed E-state index contributed by atoms with van der Waals surface area (Å²) in [5.74, 6) is -0.170. The lowest BCUT2D eigenvalue weighted by molar-refractivity contribution is 0.0702. The quantitative estimate of drug-likeness (QED) is 0.552. The number of thiophene rings is 1. The zero-order valence-electron chi connectivity index (χ0n) is 12.0. The Kier molecular flexibility index (Phi) is 4.00. The predicted molar refractivity (Wildman–Crippen MR) is 90.6 cm³/mol. The molecule has 0 spiro atoms. The summed E-state index contributed by atoms with van der Waals surface area (Å²) in [6.07, 6.45) is 1.93. The fourth-order valence-electron chi connectivity index (χ4n) is 2.07. The van der Waals surface area contributed by atoms with Gasteiger partial charge in [-0.2, -0.15) is 0 Å². The van der Waals surface area contributed by atoms with E-state index in [1.807, 2.05) is 37.4 Å². The third-order valence-electron chi connectivity index (χ3n) is 3.02. The monoisotopic (exact) mass is 331 g/mol. The summed E-state index contributed by atoms with van der Waals surface area (Å²) in [4.78, 5) is 20.1. The van der Waals surface area contributed by atoms with Crippen molar-refractivity contribution in [1.29, 1.82) is 0 Å². The van der Waals surface area contributed by atoms with E-state index in [0.717, 1.165) is 27.3 Å². The standard InChI is InChI=1S/C15H13N3O2S2/c1-8-5-13(18-15(16-8)21-2)17-10-3-4-11-9(6-10)7-12(22-11)14(19)20/h3-7H,1-2H3,(H,19,20)(H,16,17,18). The fourth-order valence-corrected chi connectivity index (χ4v) is 3.38. The Hall–Kier alpha value is -2.12. The normalized spacial score (nSPS) is 10.8. The minimum Gasteiger partial charge on any atom is -0.477 e. The van der Waals surface area contributed by atoms with Crippen molar-refractivity contribution in [2.75, 3.05) is 11.6 Å². The van der Waals surface area contributed by atoms with Crippen LogP contribution in [0.4, 0.5) is 11.5 Å². The van der Waals surface area contributed by atoms with Crippen LogP contribution in [0.25, 0.3) is 10.1 Å². The summed E-state index contributed by atoms with van der Waals surface area (Å²) in [7, 11) is 0. The summed E-state index contributed by atoms with van der Waals surface area (Å²) in [6.45, 7) is 1.92. The highest BCUT2D eigenvalue weighted by molar-refractivity contribution is 7.98. The van der Waals surface area contributed by atoms with Crippen LogP contribution < -0.4 is 5.32 Å². The van der Waals surface area contributed by atoms with Crippen molar-refractivity contribution in [2.24, 2.45) is 0 Å². The Labute approximate surface area is 135 Å². The summed E-state index contributed by atoms with van der Waals surface area (Å²) in [6, 6.07) is 9.32. The van der Waals surface area contributed by atoms with Gasteiger partial charge in [-0.15, -0.1) is 11.3 Å². The van der Waals surface area contributed by atoms with E-state index in [1.54, 1.807) is 6.07 Å². The number of aromatic carboxylic acids is 1. The van der Waals surface area contributed by atoms with Crippen LogP contribution in [0.1, 0.15) is 15.4 Å². The number of nitrogens with zero attached hydrogens (tertiary/aromatic N) is 2. The van der Waals surface area contributed by atoms with Gasteiger partial charge in [0.1, 0.15) is 10.7 Å². The number of thioether (sulfide) groups is 1. The second-order valence-electron chi connectivity index (χ2n) is 4.67. The number of hydrogen-bond donors (Lipinski definition) is 2. The van der Waals surface area contributed by atoms with Gasteiger partial charge in [0.15, 0.2) is 5.16 Å². The highest BCUT2D eigenvalue weighted by atomic mass is 32.2. The van der Waals surface area contributed by atoms with Gasteiger partial charge in [0.2, 0.25) is 0 Å². The van der Waals surface area contributed by atoms with Crippen LogP contribution in [0.2, 0.25) is 0 Å². The minimum absolute atomic E-state index is 0.342. The molecule has 0 amide bonds. The van der Waals surface area contributed by atoms with E-state index < -0.39 is 5.97 Å². The van der Waals surface area contributed by atoms with Crippen LogP contribution in [-0.4, -0.2) is 27.3 Å². The first-order valence-corrected chi connectivity index (χ1v) is 8.53. The molecule has 0 radical (unpaired) electrons. The number of carbonyl (C=O) groups is 1. The molecule has 0 unspecified atom stereocenters. The Morgan fingerprint density at radius 2 is 2.09 bits per heavy atom. The summed E-state index contributed by atoms with van der Waals surface area (Å²) in [5.41, 5.74) is 1.76. The van der Waals surface area contributed by atoms with Crippen LogP contribution in [0.5, 0.6) is 0 Å². The van der Waals surface area contributed by atoms with Gasteiger partial charge in [-0.3, -0.25) is 0 Å². The molecule has 0 aliphatic carbocycles. The summed E-state index contributed by atoms with van der Waals surface area (Å²) >= 11 is 2.76. The smallest absolute Gasteiger partial charge is 0.345 e. The molecule has 0 saturated carbocycles. The first-order valence-electron chi connectivity index (χ1n) is 6.49. The van der Waals surface area contributed by atoms with E-state index >= 15 is 0 Å². The first-order chi connectivity index (χ1) is 10.5. The van der Waals surface area contributed by atoms with Crippen LogP contribution in [-0.2, 0) is 0 Å². The van der Waals surface area contributed by atoms with Crippen molar-refractivity contribution in [2.45, 2.75) is 12.1 Å². The Bertz CT molecular complexity index is 861. The van der Waals surface area contributed by atoms with E-state index in [4.69, 9.17) is 5.11 Å². The molecule has 2 N–H and O–H groups in total. The number of carboxylic acids is 1. The second-order valence-corrected chi connectivity index (χ2v) is 6.53. The van der Waals surface area contributed by atoms with Crippen LogP contribution in [0.15, 0.2) is 35.5 Å². The van der Waals surface area contributed by atoms with E-state index in [1.165, 1.54) is 23.1 Å². The lowest BCUT2D eigenvalue weighted by Gasteiger charge is -2.07. The van der Waals surface area contributed by atoms with E-state index in [9.17, 15) is 4.79 Å². The maximum absolute atomic E-state index is 11.0. The molecule has 2 heterocycles. The van der Waals surface area contributed by atoms with Crippen molar-refractivity contribution in [3.8, 4) is 0 Å². The summed E-state index contributed by atoms with van der Waals surface area (Å²) < 4.78 is 0.951. The number of aryl methyl sites for hydroxylation is 1. The van der Waals surface area contributed by atoms with Gasteiger partial charge >= 0.3 is 5.97 Å². The first kappa shape index (κ1) is 14.8.